The Bertz CT molecular complexity index is 540. The molecule has 0 saturated heterocycles. The normalized spacial score (nSPS) is 10.5. The summed E-state index contributed by atoms with van der Waals surface area (Å²) in [4.78, 5) is 0. The number of halogens is 2. The van der Waals surface area contributed by atoms with Crippen LogP contribution < -0.4 is 10.1 Å². The van der Waals surface area contributed by atoms with E-state index in [2.05, 4.69) is 17.4 Å². The Morgan fingerprint density at radius 1 is 1.00 bits per heavy atom. The van der Waals surface area contributed by atoms with E-state index in [0.717, 1.165) is 24.4 Å². The van der Waals surface area contributed by atoms with Crippen molar-refractivity contribution in [3.8, 4) is 5.75 Å². The highest BCUT2D eigenvalue weighted by Gasteiger charge is 2.05. The Morgan fingerprint density at radius 2 is 1.74 bits per heavy atom. The second-order valence-corrected chi connectivity index (χ2v) is 5.04. The predicted octanol–water partition coefficient (Wildman–Crippen LogP) is 3.27. The molecule has 2 aromatic carbocycles. The maximum absolute atomic E-state index is 6.15. The molecule has 2 nitrogen and oxygen atoms in total. The molecule has 0 aliphatic heterocycles. The Morgan fingerprint density at radius 3 is 2.42 bits per heavy atom. The van der Waals surface area contributed by atoms with Crippen LogP contribution in [0.1, 0.15) is 11.1 Å². The van der Waals surface area contributed by atoms with Gasteiger partial charge in [0.2, 0.25) is 0 Å². The summed E-state index contributed by atoms with van der Waals surface area (Å²) in [7, 11) is 1.67. The summed E-state index contributed by atoms with van der Waals surface area (Å²) in [6.45, 7) is 1.71. The van der Waals surface area contributed by atoms with Crippen LogP contribution in [0.4, 0.5) is 0 Å². The van der Waals surface area contributed by atoms with Crippen LogP contribution in [0.25, 0.3) is 0 Å². The third-order valence-electron chi connectivity index (χ3n) is 2.93. The highest BCUT2D eigenvalue weighted by molar-refractivity contribution is 6.42. The monoisotopic (exact) mass is 296 g/mol. The van der Waals surface area contributed by atoms with Crippen molar-refractivity contribution in [3.05, 3.63) is 63.6 Å². The lowest BCUT2D eigenvalue weighted by molar-refractivity contribution is -0.686. The van der Waals surface area contributed by atoms with Gasteiger partial charge >= 0.3 is 0 Å². The molecule has 100 valence electrons. The van der Waals surface area contributed by atoms with E-state index in [-0.39, 0.29) is 0 Å². The minimum atomic E-state index is 0.608. The fourth-order valence-corrected chi connectivity index (χ4v) is 2.26. The molecule has 19 heavy (non-hydrogen) atoms. The summed E-state index contributed by atoms with van der Waals surface area (Å²) in [6.07, 6.45) is 0. The summed E-state index contributed by atoms with van der Waals surface area (Å²) in [5.74, 6) is 0.877. The second-order valence-electron chi connectivity index (χ2n) is 4.26. The van der Waals surface area contributed by atoms with Gasteiger partial charge in [-0.15, -0.1) is 0 Å². The second kappa shape index (κ2) is 6.80. The zero-order valence-corrected chi connectivity index (χ0v) is 12.2. The van der Waals surface area contributed by atoms with Crippen molar-refractivity contribution in [2.24, 2.45) is 0 Å². The Labute approximate surface area is 123 Å². The Balaban J connectivity index is 1.90. The van der Waals surface area contributed by atoms with Crippen molar-refractivity contribution in [3.63, 3.8) is 0 Å². The number of nitrogens with two attached hydrogens (primary N) is 1. The molecule has 0 unspecified atom stereocenters. The van der Waals surface area contributed by atoms with Crippen LogP contribution >= 0.6 is 23.2 Å². The smallest absolute Gasteiger partial charge is 0.118 e. The molecule has 2 rings (SSSR count). The van der Waals surface area contributed by atoms with E-state index in [1.165, 1.54) is 5.56 Å². The standard InChI is InChI=1S/C15H15Cl2NO/c1-19-13-7-5-11(6-8-13)9-18-10-12-3-2-4-14(16)15(12)17/h2-8,18H,9-10H2,1H3/p+1. The fourth-order valence-electron chi connectivity index (χ4n) is 1.86. The van der Waals surface area contributed by atoms with Gasteiger partial charge in [-0.25, -0.2) is 0 Å². The van der Waals surface area contributed by atoms with Gasteiger partial charge < -0.3 is 10.1 Å². The third-order valence-corrected chi connectivity index (χ3v) is 3.79. The zero-order valence-electron chi connectivity index (χ0n) is 10.7. The largest absolute Gasteiger partial charge is 0.497 e. The molecule has 0 aliphatic carbocycles. The molecule has 0 amide bonds. The molecule has 0 spiro atoms. The average molecular weight is 297 g/mol. The van der Waals surface area contributed by atoms with Gasteiger partial charge in [0.1, 0.15) is 18.8 Å². The lowest BCUT2D eigenvalue weighted by Crippen LogP contribution is -2.80. The van der Waals surface area contributed by atoms with E-state index < -0.39 is 0 Å². The summed E-state index contributed by atoms with van der Waals surface area (Å²) in [5, 5.41) is 3.45. The van der Waals surface area contributed by atoms with Gasteiger partial charge in [-0.2, -0.15) is 0 Å². The minimum Gasteiger partial charge on any atom is -0.497 e. The number of ether oxygens (including phenoxy) is 1. The van der Waals surface area contributed by atoms with Crippen molar-refractivity contribution in [2.75, 3.05) is 7.11 Å². The first kappa shape index (κ1) is 14.2. The van der Waals surface area contributed by atoms with Crippen LogP contribution in [0.5, 0.6) is 5.75 Å². The van der Waals surface area contributed by atoms with Crippen LogP contribution in [0.15, 0.2) is 42.5 Å². The molecule has 0 fully saturated rings. The van der Waals surface area contributed by atoms with Crippen molar-refractivity contribution in [1.82, 2.24) is 0 Å². The van der Waals surface area contributed by atoms with E-state index in [9.17, 15) is 0 Å². The lowest BCUT2D eigenvalue weighted by Gasteiger charge is -2.06. The van der Waals surface area contributed by atoms with Crippen LogP contribution in [0, 0.1) is 0 Å². The highest BCUT2D eigenvalue weighted by atomic mass is 35.5. The van der Waals surface area contributed by atoms with Gasteiger partial charge in [0.25, 0.3) is 0 Å². The maximum atomic E-state index is 6.15. The summed E-state index contributed by atoms with van der Waals surface area (Å²) in [5.41, 5.74) is 2.31. The van der Waals surface area contributed by atoms with E-state index >= 15 is 0 Å². The van der Waals surface area contributed by atoms with Crippen LogP contribution in [0.2, 0.25) is 10.0 Å². The average Bonchev–Trinajstić information content (AvgIpc) is 2.44. The third kappa shape index (κ3) is 3.87. The minimum absolute atomic E-state index is 0.608. The Kier molecular flexibility index (Phi) is 5.08. The highest BCUT2D eigenvalue weighted by Crippen LogP contribution is 2.24. The number of quaternary nitrogens is 1. The van der Waals surface area contributed by atoms with Gasteiger partial charge in [-0.1, -0.05) is 35.3 Å². The molecule has 4 heteroatoms. The van der Waals surface area contributed by atoms with E-state index in [4.69, 9.17) is 27.9 Å². The molecular weight excluding hydrogens is 281 g/mol. The van der Waals surface area contributed by atoms with Gasteiger partial charge in [0, 0.05) is 11.1 Å². The molecule has 0 radical (unpaired) electrons. The first-order valence-electron chi connectivity index (χ1n) is 6.08. The number of rotatable bonds is 5. The molecule has 0 bridgehead atoms. The number of methoxy groups -OCH3 is 1. The lowest BCUT2D eigenvalue weighted by atomic mass is 10.2. The van der Waals surface area contributed by atoms with Crippen molar-refractivity contribution in [2.45, 2.75) is 13.1 Å². The maximum Gasteiger partial charge on any atom is 0.118 e. The van der Waals surface area contributed by atoms with Gasteiger partial charge in [0.05, 0.1) is 17.2 Å². The van der Waals surface area contributed by atoms with Gasteiger partial charge in [0.15, 0.2) is 0 Å². The number of hydrogen-bond acceptors (Lipinski definition) is 1. The number of benzene rings is 2. The molecule has 0 saturated carbocycles. The summed E-state index contributed by atoms with van der Waals surface area (Å²) >= 11 is 12.1. The SMILES string of the molecule is COc1ccc(C[NH2+]Cc2cccc(Cl)c2Cl)cc1. The molecule has 0 heterocycles. The van der Waals surface area contributed by atoms with Crippen molar-refractivity contribution < 1.29 is 10.1 Å². The van der Waals surface area contributed by atoms with Crippen LogP contribution in [-0.2, 0) is 13.1 Å². The molecule has 0 atom stereocenters. The van der Waals surface area contributed by atoms with E-state index in [1.54, 1.807) is 13.2 Å². The summed E-state index contributed by atoms with van der Waals surface area (Å²) in [6, 6.07) is 13.8. The first-order valence-corrected chi connectivity index (χ1v) is 6.84. The predicted molar refractivity (Wildman–Crippen MR) is 78.8 cm³/mol. The molecule has 0 aromatic heterocycles. The van der Waals surface area contributed by atoms with Crippen molar-refractivity contribution >= 4 is 23.2 Å². The van der Waals surface area contributed by atoms with Gasteiger partial charge in [-0.3, -0.25) is 0 Å². The molecule has 2 aromatic rings. The Hall–Kier alpha value is -1.22. The molecule has 0 aliphatic rings. The molecule has 2 N–H and O–H groups in total. The fraction of sp³-hybridized carbons (Fsp3) is 0.200. The summed E-state index contributed by atoms with van der Waals surface area (Å²) < 4.78 is 5.13. The van der Waals surface area contributed by atoms with Crippen LogP contribution in [-0.4, -0.2) is 7.11 Å². The van der Waals surface area contributed by atoms with Gasteiger partial charge in [-0.05, 0) is 30.3 Å². The topological polar surface area (TPSA) is 25.8 Å². The quantitative estimate of drug-likeness (QED) is 0.900. The first-order chi connectivity index (χ1) is 9.20. The zero-order chi connectivity index (χ0) is 13.7. The van der Waals surface area contributed by atoms with E-state index in [0.29, 0.717) is 10.0 Å². The van der Waals surface area contributed by atoms with Crippen molar-refractivity contribution in [1.29, 1.82) is 0 Å². The van der Waals surface area contributed by atoms with E-state index in [1.807, 2.05) is 24.3 Å². The molecular formula is C15H16Cl2NO+. The van der Waals surface area contributed by atoms with Crippen LogP contribution in [0.3, 0.4) is 0 Å². The number of hydrogen-bond donors (Lipinski definition) is 1.